The van der Waals surface area contributed by atoms with Gasteiger partial charge in [-0.2, -0.15) is 0 Å². The number of nitrogens with zero attached hydrogens (tertiary/aromatic N) is 4. The first-order valence-corrected chi connectivity index (χ1v) is 13.6. The van der Waals surface area contributed by atoms with Crippen LogP contribution in [0.4, 0.5) is 4.39 Å². The molecule has 3 heterocycles. The van der Waals surface area contributed by atoms with Crippen molar-refractivity contribution in [2.75, 3.05) is 33.3 Å². The van der Waals surface area contributed by atoms with E-state index < -0.39 is 12.3 Å². The average molecular weight is 544 g/mol. The van der Waals surface area contributed by atoms with Crippen LogP contribution in [0, 0.1) is 26.7 Å². The lowest BCUT2D eigenvalue weighted by Crippen LogP contribution is -2.29. The number of aryl methyl sites for hydroxylation is 2. The minimum Gasteiger partial charge on any atom is -0.491 e. The summed E-state index contributed by atoms with van der Waals surface area (Å²) in [5, 5.41) is 17.6. The largest absolute Gasteiger partial charge is 0.491 e. The minimum absolute atomic E-state index is 0.128. The van der Waals surface area contributed by atoms with Crippen molar-refractivity contribution in [1.82, 2.24) is 25.3 Å². The molecule has 0 bridgehead atoms. The third kappa shape index (κ3) is 5.71. The number of aromatic nitrogens is 3. The lowest BCUT2D eigenvalue weighted by atomic mass is 9.95. The van der Waals surface area contributed by atoms with Crippen LogP contribution in [0.25, 0.3) is 22.6 Å². The number of hydrogen-bond acceptors (Lipinski definition) is 8. The Balaban J connectivity index is 1.53. The summed E-state index contributed by atoms with van der Waals surface area (Å²) in [5.41, 5.74) is 4.53. The van der Waals surface area contributed by atoms with Crippen molar-refractivity contribution in [3.8, 4) is 28.4 Å². The molecule has 0 spiro atoms. The first kappa shape index (κ1) is 27.0. The molecule has 1 aliphatic heterocycles. The molecule has 2 aliphatic rings. The number of rotatable bonds is 10. The Morgan fingerprint density at radius 1 is 1.24 bits per heavy atom. The Labute approximate surface area is 227 Å². The van der Waals surface area contributed by atoms with Crippen molar-refractivity contribution in [2.24, 2.45) is 5.92 Å². The highest BCUT2D eigenvalue weighted by molar-refractivity contribution is 6.33. The number of benzene rings is 1. The van der Waals surface area contributed by atoms with Gasteiger partial charge in [0.15, 0.2) is 5.82 Å². The third-order valence-corrected chi connectivity index (χ3v) is 7.82. The zero-order valence-electron chi connectivity index (χ0n) is 22.3. The summed E-state index contributed by atoms with van der Waals surface area (Å²) < 4.78 is 26.4. The highest BCUT2D eigenvalue weighted by Gasteiger charge is 2.40. The summed E-state index contributed by atoms with van der Waals surface area (Å²) in [6.07, 6.45) is 1.29. The maximum Gasteiger partial charge on any atom is 0.161 e. The van der Waals surface area contributed by atoms with Crippen LogP contribution in [0.3, 0.4) is 0 Å². The lowest BCUT2D eigenvalue weighted by Gasteiger charge is -2.18. The van der Waals surface area contributed by atoms with E-state index in [-0.39, 0.29) is 12.5 Å². The summed E-state index contributed by atoms with van der Waals surface area (Å²) in [5.74, 6) is 1.50. The fourth-order valence-electron chi connectivity index (χ4n) is 5.24. The monoisotopic (exact) mass is 543 g/mol. The van der Waals surface area contributed by atoms with Gasteiger partial charge in [0.2, 0.25) is 0 Å². The number of likely N-dealkylation sites (N-methyl/N-ethyl adjacent to an activating group) is 1. The molecule has 0 unspecified atom stereocenters. The molecule has 2 aromatic heterocycles. The van der Waals surface area contributed by atoms with Gasteiger partial charge in [0.05, 0.1) is 22.0 Å². The zero-order valence-corrected chi connectivity index (χ0v) is 23.1. The van der Waals surface area contributed by atoms with Gasteiger partial charge in [-0.3, -0.25) is 4.90 Å². The van der Waals surface area contributed by atoms with E-state index in [2.05, 4.69) is 15.4 Å². The van der Waals surface area contributed by atoms with Gasteiger partial charge in [0.25, 0.3) is 0 Å². The van der Waals surface area contributed by atoms with Gasteiger partial charge in [-0.1, -0.05) is 16.8 Å². The number of nitrogens with one attached hydrogen (secondary N) is 1. The van der Waals surface area contributed by atoms with E-state index in [1.54, 1.807) is 25.2 Å². The number of likely N-dealkylation sites (tertiary alicyclic amines) is 1. The highest BCUT2D eigenvalue weighted by atomic mass is 35.5. The van der Waals surface area contributed by atoms with Gasteiger partial charge in [0.1, 0.15) is 30.4 Å². The van der Waals surface area contributed by atoms with E-state index in [1.807, 2.05) is 20.8 Å². The second kappa shape index (κ2) is 11.3. The quantitative estimate of drug-likeness (QED) is 0.390. The van der Waals surface area contributed by atoms with Crippen LogP contribution in [0.2, 0.25) is 5.02 Å². The molecular formula is C28H35ClFN5O3. The molecule has 3 atom stereocenters. The molecule has 204 valence electrons. The van der Waals surface area contributed by atoms with Crippen molar-refractivity contribution in [3.05, 3.63) is 45.9 Å². The fraction of sp³-hybridized carbons (Fsp3) is 0.536. The first-order valence-electron chi connectivity index (χ1n) is 13.2. The van der Waals surface area contributed by atoms with Crippen LogP contribution in [0.5, 0.6) is 5.75 Å². The molecule has 0 amide bonds. The Kier molecular flexibility index (Phi) is 8.00. The topological polar surface area (TPSA) is 96.5 Å². The SMILES string of the molecule is CNC[C@@H](O)COc1ccc(Cl)c(-c2nc(C[C@H]3CN(C4CC4)C[C@@H]3F)c(C)c(-c3c(C)noc3C)n2)c1. The van der Waals surface area contributed by atoms with Crippen LogP contribution in [-0.2, 0) is 6.42 Å². The molecule has 38 heavy (non-hydrogen) atoms. The van der Waals surface area contributed by atoms with E-state index in [4.69, 9.17) is 30.8 Å². The molecule has 0 radical (unpaired) electrons. The Bertz CT molecular complexity index is 1280. The number of alkyl halides is 1. The second-order valence-electron chi connectivity index (χ2n) is 10.5. The van der Waals surface area contributed by atoms with Crippen LogP contribution < -0.4 is 10.1 Å². The molecule has 1 saturated heterocycles. The molecule has 2 N–H and O–H groups in total. The summed E-state index contributed by atoms with van der Waals surface area (Å²) in [6, 6.07) is 5.80. The maximum atomic E-state index is 15.1. The van der Waals surface area contributed by atoms with E-state index >= 15 is 4.39 Å². The number of aliphatic hydroxyl groups excluding tert-OH is 1. The predicted octanol–water partition coefficient (Wildman–Crippen LogP) is 4.31. The summed E-state index contributed by atoms with van der Waals surface area (Å²) in [4.78, 5) is 12.1. The number of aliphatic hydroxyl groups is 1. The molecule has 1 saturated carbocycles. The molecule has 5 rings (SSSR count). The molecular weight excluding hydrogens is 509 g/mol. The van der Waals surface area contributed by atoms with Gasteiger partial charge < -0.3 is 19.7 Å². The Morgan fingerprint density at radius 2 is 2.03 bits per heavy atom. The molecule has 1 aromatic carbocycles. The van der Waals surface area contributed by atoms with Crippen LogP contribution in [0.15, 0.2) is 22.7 Å². The Morgan fingerprint density at radius 3 is 2.71 bits per heavy atom. The van der Waals surface area contributed by atoms with E-state index in [0.717, 1.165) is 41.9 Å². The predicted molar refractivity (Wildman–Crippen MR) is 144 cm³/mol. The van der Waals surface area contributed by atoms with E-state index in [9.17, 15) is 5.11 Å². The van der Waals surface area contributed by atoms with Crippen LogP contribution in [0.1, 0.15) is 35.6 Å². The molecule has 1 aliphatic carbocycles. The molecule has 3 aromatic rings. The zero-order chi connectivity index (χ0) is 27.0. The first-order chi connectivity index (χ1) is 18.2. The van der Waals surface area contributed by atoms with Crippen molar-refractivity contribution < 1.29 is 18.8 Å². The normalized spacial score (nSPS) is 20.7. The van der Waals surface area contributed by atoms with Gasteiger partial charge in [-0.25, -0.2) is 14.4 Å². The molecule has 10 heteroatoms. The Hall–Kier alpha value is -2.59. The van der Waals surface area contributed by atoms with Crippen molar-refractivity contribution in [2.45, 2.75) is 58.4 Å². The number of hydrogen-bond donors (Lipinski definition) is 2. The van der Waals surface area contributed by atoms with Crippen molar-refractivity contribution in [1.29, 1.82) is 0 Å². The van der Waals surface area contributed by atoms with Gasteiger partial charge >= 0.3 is 0 Å². The smallest absolute Gasteiger partial charge is 0.161 e. The van der Waals surface area contributed by atoms with Crippen LogP contribution in [-0.4, -0.2) is 76.7 Å². The summed E-state index contributed by atoms with van der Waals surface area (Å²) >= 11 is 6.64. The van der Waals surface area contributed by atoms with Crippen LogP contribution >= 0.6 is 11.6 Å². The summed E-state index contributed by atoms with van der Waals surface area (Å²) in [6.45, 7) is 7.50. The van der Waals surface area contributed by atoms with E-state index in [1.165, 1.54) is 0 Å². The van der Waals surface area contributed by atoms with Gasteiger partial charge in [0, 0.05) is 42.9 Å². The van der Waals surface area contributed by atoms with Crippen molar-refractivity contribution >= 4 is 11.6 Å². The number of halogens is 2. The third-order valence-electron chi connectivity index (χ3n) is 7.49. The summed E-state index contributed by atoms with van der Waals surface area (Å²) in [7, 11) is 1.77. The standard InChI is InChI=1S/C28H35ClFN5O3/c1-15-25(9-18-12-35(13-24(18)30)19-5-6-19)32-28(33-27(15)26-16(2)34-38-17(26)3)22-10-21(7-8-23(22)29)37-14-20(36)11-31-4/h7-8,10,18-20,24,31,36H,5-6,9,11-14H2,1-4H3/t18-,20+,24-/m0/s1. The lowest BCUT2D eigenvalue weighted by molar-refractivity contribution is 0.108. The highest BCUT2D eigenvalue weighted by Crippen LogP contribution is 2.38. The molecule has 8 nitrogen and oxygen atoms in total. The average Bonchev–Trinajstić information content (AvgIpc) is 3.60. The number of ether oxygens (including phenoxy) is 1. The van der Waals surface area contributed by atoms with Gasteiger partial charge in [-0.05, 0) is 70.8 Å². The van der Waals surface area contributed by atoms with Crippen molar-refractivity contribution in [3.63, 3.8) is 0 Å². The fourth-order valence-corrected chi connectivity index (χ4v) is 5.44. The van der Waals surface area contributed by atoms with Gasteiger partial charge in [-0.15, -0.1) is 0 Å². The second-order valence-corrected chi connectivity index (χ2v) is 10.9. The maximum absolute atomic E-state index is 15.1. The minimum atomic E-state index is -0.889. The molecule has 2 fully saturated rings. The van der Waals surface area contributed by atoms with E-state index in [0.29, 0.717) is 59.2 Å².